The lowest BCUT2D eigenvalue weighted by Crippen LogP contribution is -2.41. The van der Waals surface area contributed by atoms with Gasteiger partial charge in [-0.3, -0.25) is 4.79 Å². The molecule has 1 atom stereocenters. The van der Waals surface area contributed by atoms with Crippen LogP contribution in [0.25, 0.3) is 0 Å². The minimum absolute atomic E-state index is 0.105. The van der Waals surface area contributed by atoms with Crippen molar-refractivity contribution in [1.29, 1.82) is 0 Å². The smallest absolute Gasteiger partial charge is 0.326 e. The highest BCUT2D eigenvalue weighted by Gasteiger charge is 2.23. The number of rotatable bonds is 11. The van der Waals surface area contributed by atoms with Gasteiger partial charge in [-0.25, -0.2) is 9.78 Å². The van der Waals surface area contributed by atoms with Gasteiger partial charge in [0.25, 0.3) is 5.91 Å². The molecule has 3 rings (SSSR count). The molecule has 8 heteroatoms. The molecule has 0 bridgehead atoms. The molecule has 0 unspecified atom stereocenters. The molecule has 3 N–H and O–H groups in total. The fourth-order valence-electron chi connectivity index (χ4n) is 3.90. The number of aliphatic carboxylic acids is 1. The van der Waals surface area contributed by atoms with E-state index < -0.39 is 17.9 Å². The summed E-state index contributed by atoms with van der Waals surface area (Å²) in [6, 6.07) is 8.07. The lowest BCUT2D eigenvalue weighted by Gasteiger charge is -2.17. The average Bonchev–Trinajstić information content (AvgIpc) is 2.77. The Hall–Kier alpha value is -2.31. The number of carbonyl (C=O) groups excluding carboxylic acids is 1. The second-order valence-corrected chi connectivity index (χ2v) is 8.92. The van der Waals surface area contributed by atoms with Crippen LogP contribution in [0.4, 0.5) is 5.82 Å². The molecule has 172 valence electrons. The van der Waals surface area contributed by atoms with E-state index in [2.05, 4.69) is 22.8 Å². The summed E-state index contributed by atoms with van der Waals surface area (Å²) in [6.07, 6.45) is 8.32. The van der Waals surface area contributed by atoms with Crippen LogP contribution in [0.2, 0.25) is 10.0 Å². The quantitative estimate of drug-likeness (QED) is 0.371. The number of carboxylic acid groups (broad SMARTS) is 1. The normalized spacial score (nSPS) is 13.7. The van der Waals surface area contributed by atoms with Gasteiger partial charge in [0, 0.05) is 12.2 Å². The van der Waals surface area contributed by atoms with E-state index >= 15 is 0 Å². The number of anilines is 1. The van der Waals surface area contributed by atoms with E-state index in [9.17, 15) is 14.7 Å². The zero-order chi connectivity index (χ0) is 22.9. The van der Waals surface area contributed by atoms with Gasteiger partial charge < -0.3 is 15.7 Å². The number of carboxylic acids is 1. The maximum Gasteiger partial charge on any atom is 0.326 e. The van der Waals surface area contributed by atoms with E-state index in [1.165, 1.54) is 5.56 Å². The van der Waals surface area contributed by atoms with Crippen molar-refractivity contribution in [1.82, 2.24) is 10.3 Å². The first-order chi connectivity index (χ1) is 15.5. The van der Waals surface area contributed by atoms with E-state index in [1.807, 2.05) is 0 Å². The van der Waals surface area contributed by atoms with Gasteiger partial charge in [-0.15, -0.1) is 0 Å². The number of hydrogen-bond acceptors (Lipinski definition) is 4. The highest BCUT2D eigenvalue weighted by molar-refractivity contribution is 6.39. The lowest BCUT2D eigenvalue weighted by atomic mass is 10.0. The molecule has 0 radical (unpaired) electrons. The van der Waals surface area contributed by atoms with Crippen LogP contribution < -0.4 is 10.6 Å². The Kier molecular flexibility index (Phi) is 9.18. The number of nitrogens with zero attached hydrogens (tertiary/aromatic N) is 1. The summed E-state index contributed by atoms with van der Waals surface area (Å²) in [6.45, 7) is 0.993. The van der Waals surface area contributed by atoms with Gasteiger partial charge in [-0.1, -0.05) is 61.0 Å². The largest absolute Gasteiger partial charge is 0.480 e. The molecule has 32 heavy (non-hydrogen) atoms. The first-order valence-corrected chi connectivity index (χ1v) is 11.9. The summed E-state index contributed by atoms with van der Waals surface area (Å²) in [5.74, 6) is -0.595. The molecule has 0 fully saturated rings. The summed E-state index contributed by atoms with van der Waals surface area (Å²) < 4.78 is 0. The van der Waals surface area contributed by atoms with Crippen molar-refractivity contribution in [2.75, 3.05) is 11.9 Å². The fourth-order valence-corrected chi connectivity index (χ4v) is 4.46. The van der Waals surface area contributed by atoms with E-state index in [1.54, 1.807) is 18.2 Å². The Morgan fingerprint density at radius 2 is 1.78 bits per heavy atom. The Morgan fingerprint density at radius 1 is 1.06 bits per heavy atom. The van der Waals surface area contributed by atoms with Crippen LogP contribution in [-0.2, 0) is 17.6 Å². The van der Waals surface area contributed by atoms with Gasteiger partial charge >= 0.3 is 5.97 Å². The number of hydrogen-bond donors (Lipinski definition) is 3. The van der Waals surface area contributed by atoms with Gasteiger partial charge in [0.2, 0.25) is 0 Å². The number of unbranched alkanes of at least 4 members (excludes halogenated alkanes) is 4. The zero-order valence-electron chi connectivity index (χ0n) is 18.0. The molecule has 0 spiro atoms. The Labute approximate surface area is 198 Å². The first-order valence-electron chi connectivity index (χ1n) is 11.2. The van der Waals surface area contributed by atoms with E-state index in [0.29, 0.717) is 12.8 Å². The third kappa shape index (κ3) is 6.84. The molecule has 2 aromatic rings. The third-order valence-corrected chi connectivity index (χ3v) is 6.30. The van der Waals surface area contributed by atoms with Crippen molar-refractivity contribution in [3.63, 3.8) is 0 Å². The number of aromatic nitrogens is 1. The van der Waals surface area contributed by atoms with Gasteiger partial charge in [-0.2, -0.15) is 0 Å². The van der Waals surface area contributed by atoms with Gasteiger partial charge in [0.1, 0.15) is 11.9 Å². The topological polar surface area (TPSA) is 91.3 Å². The zero-order valence-corrected chi connectivity index (χ0v) is 19.5. The second-order valence-electron chi connectivity index (χ2n) is 8.11. The molecular formula is C24H29Cl2N3O3. The predicted octanol–water partition coefficient (Wildman–Crippen LogP) is 5.51. The number of pyridine rings is 1. The number of fused-ring (bicyclic) bond motifs is 1. The highest BCUT2D eigenvalue weighted by atomic mass is 35.5. The van der Waals surface area contributed by atoms with Gasteiger partial charge in [0.15, 0.2) is 0 Å². The van der Waals surface area contributed by atoms with Crippen LogP contribution in [-0.4, -0.2) is 34.6 Å². The molecule has 1 aromatic heterocycles. The maximum atomic E-state index is 12.4. The maximum absolute atomic E-state index is 12.4. The summed E-state index contributed by atoms with van der Waals surface area (Å²) in [4.78, 5) is 28.7. The molecule has 0 saturated heterocycles. The Balaban J connectivity index is 1.36. The highest BCUT2D eigenvalue weighted by Crippen LogP contribution is 2.24. The fraction of sp³-hybridized carbons (Fsp3) is 0.458. The molecule has 0 aliphatic carbocycles. The summed E-state index contributed by atoms with van der Waals surface area (Å²) in [5.41, 5.74) is 2.52. The van der Waals surface area contributed by atoms with Crippen LogP contribution >= 0.6 is 23.2 Å². The average molecular weight is 478 g/mol. The number of benzene rings is 1. The molecule has 6 nitrogen and oxygen atoms in total. The number of carbonyl (C=O) groups is 2. The van der Waals surface area contributed by atoms with E-state index in [0.717, 1.165) is 63.0 Å². The van der Waals surface area contributed by atoms with Crippen LogP contribution in [0.15, 0.2) is 30.3 Å². The number of aryl methyl sites for hydroxylation is 2. The lowest BCUT2D eigenvalue weighted by molar-refractivity contribution is -0.139. The van der Waals surface area contributed by atoms with Gasteiger partial charge in [-0.05, 0) is 55.9 Å². The minimum Gasteiger partial charge on any atom is -0.480 e. The monoisotopic (exact) mass is 477 g/mol. The first kappa shape index (κ1) is 24.3. The minimum atomic E-state index is -1.06. The Morgan fingerprint density at radius 3 is 2.53 bits per heavy atom. The van der Waals surface area contributed by atoms with Crippen LogP contribution in [0, 0.1) is 0 Å². The van der Waals surface area contributed by atoms with Crippen molar-refractivity contribution in [2.45, 2.75) is 63.8 Å². The number of amides is 1. The summed E-state index contributed by atoms with van der Waals surface area (Å²) in [7, 11) is 0. The molecule has 1 aliphatic rings. The molecule has 1 aliphatic heterocycles. The van der Waals surface area contributed by atoms with Crippen LogP contribution in [0.5, 0.6) is 0 Å². The molecule has 2 heterocycles. The van der Waals surface area contributed by atoms with Crippen LogP contribution in [0.1, 0.15) is 66.6 Å². The molecule has 1 amide bonds. The van der Waals surface area contributed by atoms with Crippen molar-refractivity contribution in [3.05, 3.63) is 57.2 Å². The summed E-state index contributed by atoms with van der Waals surface area (Å²) >= 11 is 12.1. The molecular weight excluding hydrogens is 449 g/mol. The standard InChI is InChI=1S/C24H29Cl2N3O3/c25-18-10-6-11-19(26)21(18)23(30)29-20(24(31)32)12-5-3-1-2-4-9-17-14-13-16-8-7-15-27-22(16)28-17/h6,10-11,13-14,20H,1-5,7-9,12,15H2,(H,27,28)(H,29,30)(H,31,32)/t20-/m0/s1. The number of halogens is 2. The van der Waals surface area contributed by atoms with E-state index in [4.69, 9.17) is 28.2 Å². The van der Waals surface area contributed by atoms with Crippen molar-refractivity contribution >= 4 is 40.9 Å². The predicted molar refractivity (Wildman–Crippen MR) is 128 cm³/mol. The number of nitrogens with one attached hydrogen (secondary N) is 2. The summed E-state index contributed by atoms with van der Waals surface area (Å²) in [5, 5.41) is 15.8. The van der Waals surface area contributed by atoms with Gasteiger partial charge in [0.05, 0.1) is 15.6 Å². The SMILES string of the molecule is O=C(N[C@@H](CCCCCCCc1ccc2c(n1)NCCC2)C(=O)O)c1c(Cl)cccc1Cl. The molecule has 0 saturated carbocycles. The van der Waals surface area contributed by atoms with E-state index in [-0.39, 0.29) is 15.6 Å². The van der Waals surface area contributed by atoms with Crippen molar-refractivity contribution in [3.8, 4) is 0 Å². The second kappa shape index (κ2) is 12.1. The van der Waals surface area contributed by atoms with Crippen molar-refractivity contribution < 1.29 is 14.7 Å². The molecule has 1 aromatic carbocycles. The van der Waals surface area contributed by atoms with Crippen molar-refractivity contribution in [2.24, 2.45) is 0 Å². The Bertz CT molecular complexity index is 932. The third-order valence-electron chi connectivity index (χ3n) is 5.67. The van der Waals surface area contributed by atoms with Crippen LogP contribution in [0.3, 0.4) is 0 Å².